The number of carbonyl (C=O) groups excluding carboxylic acids is 1. The topological polar surface area (TPSA) is 114 Å². The highest BCUT2D eigenvalue weighted by Gasteiger charge is 2.20. The highest BCUT2D eigenvalue weighted by atomic mass is 16.5. The molecule has 0 unspecified atom stereocenters. The maximum Gasteiger partial charge on any atom is 0.322 e. The Bertz CT molecular complexity index is 1000. The van der Waals surface area contributed by atoms with Crippen LogP contribution >= 0.6 is 0 Å². The molecule has 1 aromatic carbocycles. The number of anilines is 1. The first-order chi connectivity index (χ1) is 15.0. The molecule has 10 heteroatoms. The lowest BCUT2D eigenvalue weighted by Gasteiger charge is -2.16. The van der Waals surface area contributed by atoms with Crippen LogP contribution in [0.25, 0.3) is 11.5 Å². The Morgan fingerprint density at radius 2 is 1.71 bits per heavy atom. The summed E-state index contributed by atoms with van der Waals surface area (Å²) in [5.74, 6) is 1.30. The molecule has 2 aromatic heterocycles. The smallest absolute Gasteiger partial charge is 0.322 e. The van der Waals surface area contributed by atoms with Crippen molar-refractivity contribution in [1.29, 1.82) is 0 Å². The molecule has 2 heterocycles. The molecule has 0 aliphatic heterocycles. The Balaban J connectivity index is 1.85. The minimum absolute atomic E-state index is 0.0381. The zero-order valence-electron chi connectivity index (χ0n) is 18.3. The van der Waals surface area contributed by atoms with E-state index in [9.17, 15) is 4.79 Å². The molecule has 1 N–H and O–H groups in total. The lowest BCUT2D eigenvalue weighted by Crippen LogP contribution is -2.14. The third-order valence-corrected chi connectivity index (χ3v) is 4.17. The SMILES string of the molecule is CCOc1cc(-c2nnc(NC(=O)c3ccn(C(C)C)n3)o2)cc(OCC)c1OCC. The number of hydrogen-bond acceptors (Lipinski definition) is 8. The van der Waals surface area contributed by atoms with Gasteiger partial charge in [0.15, 0.2) is 17.2 Å². The molecule has 0 saturated heterocycles. The van der Waals surface area contributed by atoms with Crippen LogP contribution in [0.2, 0.25) is 0 Å². The molecular weight excluding hydrogens is 402 g/mol. The highest BCUT2D eigenvalue weighted by molar-refractivity contribution is 6.01. The van der Waals surface area contributed by atoms with Crippen LogP contribution in [0, 0.1) is 0 Å². The Hall–Kier alpha value is -3.56. The molecule has 3 rings (SSSR count). The van der Waals surface area contributed by atoms with Crippen LogP contribution in [-0.4, -0.2) is 45.7 Å². The van der Waals surface area contributed by atoms with Gasteiger partial charge in [-0.1, -0.05) is 5.10 Å². The van der Waals surface area contributed by atoms with E-state index in [4.69, 9.17) is 18.6 Å². The van der Waals surface area contributed by atoms with Crippen molar-refractivity contribution >= 4 is 11.9 Å². The molecule has 0 atom stereocenters. The van der Waals surface area contributed by atoms with Crippen molar-refractivity contribution in [2.24, 2.45) is 0 Å². The Kier molecular flexibility index (Phi) is 7.11. The molecular formula is C21H27N5O5. The van der Waals surface area contributed by atoms with Crippen molar-refractivity contribution in [3.05, 3.63) is 30.1 Å². The predicted octanol–water partition coefficient (Wildman–Crippen LogP) is 3.96. The van der Waals surface area contributed by atoms with Crippen molar-refractivity contribution in [2.75, 3.05) is 25.1 Å². The second-order valence-corrected chi connectivity index (χ2v) is 6.74. The standard InChI is InChI=1S/C21H27N5O5/c1-6-28-16-11-14(12-17(29-7-2)18(16)30-8-3)20-23-24-21(31-20)22-19(27)15-9-10-26(25-15)13(4)5/h9-13H,6-8H2,1-5H3,(H,22,24,27). The van der Waals surface area contributed by atoms with Gasteiger partial charge < -0.3 is 18.6 Å². The molecule has 1 amide bonds. The van der Waals surface area contributed by atoms with E-state index in [-0.39, 0.29) is 23.6 Å². The monoisotopic (exact) mass is 429 g/mol. The Morgan fingerprint density at radius 1 is 1.06 bits per heavy atom. The summed E-state index contributed by atoms with van der Waals surface area (Å²) >= 11 is 0. The van der Waals surface area contributed by atoms with Gasteiger partial charge in [0.2, 0.25) is 11.6 Å². The van der Waals surface area contributed by atoms with Crippen LogP contribution in [0.3, 0.4) is 0 Å². The quantitative estimate of drug-likeness (QED) is 0.515. The Morgan fingerprint density at radius 3 is 2.26 bits per heavy atom. The van der Waals surface area contributed by atoms with Gasteiger partial charge in [0, 0.05) is 17.8 Å². The third-order valence-electron chi connectivity index (χ3n) is 4.17. The summed E-state index contributed by atoms with van der Waals surface area (Å²) in [5, 5.41) is 14.7. The van der Waals surface area contributed by atoms with Crippen LogP contribution in [0.5, 0.6) is 17.2 Å². The van der Waals surface area contributed by atoms with E-state index >= 15 is 0 Å². The predicted molar refractivity (Wildman–Crippen MR) is 114 cm³/mol. The molecule has 166 valence electrons. The minimum Gasteiger partial charge on any atom is -0.490 e. The van der Waals surface area contributed by atoms with Crippen molar-refractivity contribution < 1.29 is 23.4 Å². The van der Waals surface area contributed by atoms with Gasteiger partial charge >= 0.3 is 6.01 Å². The van der Waals surface area contributed by atoms with E-state index in [0.717, 1.165) is 0 Å². The maximum atomic E-state index is 12.4. The van der Waals surface area contributed by atoms with Gasteiger partial charge in [-0.3, -0.25) is 14.8 Å². The number of benzene rings is 1. The van der Waals surface area contributed by atoms with E-state index in [0.29, 0.717) is 42.6 Å². The Labute approximate surface area is 180 Å². The summed E-state index contributed by atoms with van der Waals surface area (Å²) in [6.07, 6.45) is 1.74. The summed E-state index contributed by atoms with van der Waals surface area (Å²) in [5.41, 5.74) is 0.833. The van der Waals surface area contributed by atoms with E-state index in [1.54, 1.807) is 29.1 Å². The summed E-state index contributed by atoms with van der Waals surface area (Å²) < 4.78 is 24.5. The second-order valence-electron chi connectivity index (χ2n) is 6.74. The first-order valence-electron chi connectivity index (χ1n) is 10.2. The minimum atomic E-state index is -0.439. The van der Waals surface area contributed by atoms with Crippen molar-refractivity contribution in [2.45, 2.75) is 40.7 Å². The molecule has 0 spiro atoms. The zero-order valence-corrected chi connectivity index (χ0v) is 18.3. The summed E-state index contributed by atoms with van der Waals surface area (Å²) in [6.45, 7) is 10.9. The van der Waals surface area contributed by atoms with Gasteiger partial charge in [0.1, 0.15) is 0 Å². The van der Waals surface area contributed by atoms with E-state index in [1.165, 1.54) is 0 Å². The molecule has 3 aromatic rings. The number of nitrogens with zero attached hydrogens (tertiary/aromatic N) is 4. The fourth-order valence-corrected chi connectivity index (χ4v) is 2.81. The number of rotatable bonds is 10. The summed E-state index contributed by atoms with van der Waals surface area (Å²) in [4.78, 5) is 12.4. The van der Waals surface area contributed by atoms with E-state index in [2.05, 4.69) is 20.6 Å². The van der Waals surface area contributed by atoms with Crippen LogP contribution < -0.4 is 19.5 Å². The van der Waals surface area contributed by atoms with E-state index < -0.39 is 5.91 Å². The van der Waals surface area contributed by atoms with Gasteiger partial charge in [0.25, 0.3) is 5.91 Å². The van der Waals surface area contributed by atoms with Gasteiger partial charge in [0.05, 0.1) is 19.8 Å². The van der Waals surface area contributed by atoms with Gasteiger partial charge in [-0.2, -0.15) is 5.10 Å². The largest absolute Gasteiger partial charge is 0.490 e. The molecule has 0 aliphatic carbocycles. The fraction of sp³-hybridized carbons (Fsp3) is 0.429. The number of carbonyl (C=O) groups is 1. The van der Waals surface area contributed by atoms with Crippen molar-refractivity contribution in [3.8, 4) is 28.7 Å². The van der Waals surface area contributed by atoms with Crippen molar-refractivity contribution in [3.63, 3.8) is 0 Å². The number of amides is 1. The van der Waals surface area contributed by atoms with Crippen LogP contribution in [0.4, 0.5) is 6.01 Å². The lowest BCUT2D eigenvalue weighted by molar-refractivity contribution is 0.101. The first-order valence-corrected chi connectivity index (χ1v) is 10.2. The second kappa shape index (κ2) is 9.96. The number of ether oxygens (including phenoxy) is 3. The molecule has 10 nitrogen and oxygen atoms in total. The number of nitrogens with one attached hydrogen (secondary N) is 1. The third kappa shape index (κ3) is 5.14. The molecule has 0 radical (unpaired) electrons. The molecule has 31 heavy (non-hydrogen) atoms. The average Bonchev–Trinajstić information content (AvgIpc) is 3.40. The molecule has 0 bridgehead atoms. The van der Waals surface area contributed by atoms with Crippen LogP contribution in [0.1, 0.15) is 51.1 Å². The maximum absolute atomic E-state index is 12.4. The molecule has 0 aliphatic rings. The molecule has 0 saturated carbocycles. The first kappa shape index (κ1) is 22.1. The van der Waals surface area contributed by atoms with E-state index in [1.807, 2.05) is 34.6 Å². The van der Waals surface area contributed by atoms with Gasteiger partial charge in [-0.15, -0.1) is 5.10 Å². The number of hydrogen-bond donors (Lipinski definition) is 1. The van der Waals surface area contributed by atoms with Gasteiger partial charge in [-0.25, -0.2) is 0 Å². The lowest BCUT2D eigenvalue weighted by atomic mass is 10.2. The van der Waals surface area contributed by atoms with Crippen molar-refractivity contribution in [1.82, 2.24) is 20.0 Å². The summed E-state index contributed by atoms with van der Waals surface area (Å²) in [7, 11) is 0. The highest BCUT2D eigenvalue weighted by Crippen LogP contribution is 2.41. The normalized spacial score (nSPS) is 10.9. The molecule has 0 fully saturated rings. The zero-order chi connectivity index (χ0) is 22.4. The summed E-state index contributed by atoms with van der Waals surface area (Å²) in [6, 6.07) is 5.21. The van der Waals surface area contributed by atoms with Gasteiger partial charge in [-0.05, 0) is 52.8 Å². The number of aromatic nitrogens is 4. The average molecular weight is 429 g/mol. The fourth-order valence-electron chi connectivity index (χ4n) is 2.81. The van der Waals surface area contributed by atoms with Crippen LogP contribution in [0.15, 0.2) is 28.8 Å². The van der Waals surface area contributed by atoms with Crippen LogP contribution in [-0.2, 0) is 0 Å².